The van der Waals surface area contributed by atoms with Crippen molar-refractivity contribution in [2.24, 2.45) is 0 Å². The van der Waals surface area contributed by atoms with E-state index in [0.29, 0.717) is 27.4 Å². The Hall–Kier alpha value is -5.56. The number of nitrogens with zero attached hydrogens (tertiary/aromatic N) is 3. The summed E-state index contributed by atoms with van der Waals surface area (Å²) in [5.74, 6) is -2.58. The van der Waals surface area contributed by atoms with Crippen LogP contribution in [0, 0.1) is 5.82 Å². The number of hydrogen-bond acceptors (Lipinski definition) is 9. The molecular formula is C32H27ClFN5O7. The van der Waals surface area contributed by atoms with Crippen molar-refractivity contribution in [3.8, 4) is 34.3 Å². The molecule has 236 valence electrons. The van der Waals surface area contributed by atoms with Crippen LogP contribution in [0.25, 0.3) is 34.3 Å². The number of aromatic nitrogens is 3. The number of anilines is 1. The van der Waals surface area contributed by atoms with Crippen LogP contribution < -0.4 is 10.6 Å². The second-order valence-corrected chi connectivity index (χ2v) is 11.5. The molecule has 3 N–H and O–H groups in total. The van der Waals surface area contributed by atoms with Gasteiger partial charge in [0.05, 0.1) is 5.56 Å². The van der Waals surface area contributed by atoms with Crippen LogP contribution in [0.2, 0.25) is 5.02 Å². The third-order valence-electron chi connectivity index (χ3n) is 6.35. The van der Waals surface area contributed by atoms with Crippen molar-refractivity contribution in [3.63, 3.8) is 0 Å². The second-order valence-electron chi connectivity index (χ2n) is 11.1. The second kappa shape index (κ2) is 13.2. The molecule has 0 fully saturated rings. The number of nitrogens with one attached hydrogen (secondary N) is 2. The molecule has 2 aromatic heterocycles. The summed E-state index contributed by atoms with van der Waals surface area (Å²) in [4.78, 5) is 45.1. The minimum Gasteiger partial charge on any atom is -0.480 e. The number of carbonyl (C=O) groups is 3. The Morgan fingerprint density at radius 3 is 2.30 bits per heavy atom. The molecule has 3 aromatic carbocycles. The molecule has 2 amide bonds. The normalized spacial score (nSPS) is 11.9. The standard InChI is InChI=1S/C32H27ClFN5O7/c1-32(2,3)45-31(43)35-21-11-7-19(8-12-21)29-38-26(39-46-29)22-13-4-17(14-23(22)34)15-24(30(41)42)36-27(40)25-16-44-28(37-25)18-5-9-20(33)10-6-18/h4-14,16,24H,15H2,1-3H3,(H,35,43)(H,36,40)(H,41,42). The zero-order valence-corrected chi connectivity index (χ0v) is 25.5. The zero-order valence-electron chi connectivity index (χ0n) is 24.7. The van der Waals surface area contributed by atoms with Crippen molar-refractivity contribution in [1.82, 2.24) is 20.4 Å². The lowest BCUT2D eigenvalue weighted by molar-refractivity contribution is -0.139. The highest BCUT2D eigenvalue weighted by Crippen LogP contribution is 2.27. The van der Waals surface area contributed by atoms with Crippen LogP contribution in [0.3, 0.4) is 0 Å². The van der Waals surface area contributed by atoms with Gasteiger partial charge in [0.1, 0.15) is 23.7 Å². The van der Waals surface area contributed by atoms with Gasteiger partial charge >= 0.3 is 12.1 Å². The van der Waals surface area contributed by atoms with E-state index in [1.54, 1.807) is 69.3 Å². The highest BCUT2D eigenvalue weighted by Gasteiger charge is 2.24. The summed E-state index contributed by atoms with van der Waals surface area (Å²) in [5.41, 5.74) is 1.14. The lowest BCUT2D eigenvalue weighted by atomic mass is 10.0. The van der Waals surface area contributed by atoms with Gasteiger partial charge in [-0.2, -0.15) is 4.98 Å². The molecule has 0 aliphatic rings. The third kappa shape index (κ3) is 7.93. The fourth-order valence-electron chi connectivity index (χ4n) is 4.21. The molecule has 1 unspecified atom stereocenters. The summed E-state index contributed by atoms with van der Waals surface area (Å²) >= 11 is 5.89. The first-order valence-electron chi connectivity index (χ1n) is 13.8. The summed E-state index contributed by atoms with van der Waals surface area (Å²) < 4.78 is 31.1. The van der Waals surface area contributed by atoms with E-state index in [4.69, 9.17) is 25.3 Å². The van der Waals surface area contributed by atoms with E-state index in [0.717, 1.165) is 12.3 Å². The highest BCUT2D eigenvalue weighted by molar-refractivity contribution is 6.30. The van der Waals surface area contributed by atoms with Crippen LogP contribution in [0.4, 0.5) is 14.9 Å². The number of carboxylic acid groups (broad SMARTS) is 1. The van der Waals surface area contributed by atoms with Crippen LogP contribution in [0.15, 0.2) is 81.9 Å². The number of amides is 2. The summed E-state index contributed by atoms with van der Waals surface area (Å²) in [6.07, 6.45) is 0.290. The number of aliphatic carboxylic acids is 1. The summed E-state index contributed by atoms with van der Waals surface area (Å²) in [6, 6.07) is 15.8. The Bertz CT molecular complexity index is 1880. The van der Waals surface area contributed by atoms with E-state index in [9.17, 15) is 19.5 Å². The van der Waals surface area contributed by atoms with Gasteiger partial charge in [0.25, 0.3) is 11.8 Å². The first kappa shape index (κ1) is 31.9. The first-order chi connectivity index (χ1) is 21.8. The fourth-order valence-corrected chi connectivity index (χ4v) is 4.33. The van der Waals surface area contributed by atoms with Crippen molar-refractivity contribution >= 4 is 35.3 Å². The quantitative estimate of drug-likeness (QED) is 0.158. The number of rotatable bonds is 9. The van der Waals surface area contributed by atoms with Gasteiger partial charge in [-0.25, -0.2) is 19.0 Å². The molecule has 14 heteroatoms. The summed E-state index contributed by atoms with van der Waals surface area (Å²) in [7, 11) is 0. The fraction of sp³-hybridized carbons (Fsp3) is 0.188. The molecule has 0 bridgehead atoms. The zero-order chi connectivity index (χ0) is 33.0. The Morgan fingerprint density at radius 2 is 1.65 bits per heavy atom. The van der Waals surface area contributed by atoms with E-state index in [-0.39, 0.29) is 35.3 Å². The molecule has 2 heterocycles. The van der Waals surface area contributed by atoms with Gasteiger partial charge in [0, 0.05) is 28.3 Å². The number of halogens is 2. The lowest BCUT2D eigenvalue weighted by Gasteiger charge is -2.19. The van der Waals surface area contributed by atoms with Gasteiger partial charge in [-0.3, -0.25) is 10.1 Å². The minimum atomic E-state index is -1.39. The van der Waals surface area contributed by atoms with Crippen LogP contribution in [0.1, 0.15) is 36.8 Å². The molecular weight excluding hydrogens is 621 g/mol. The maximum atomic E-state index is 15.2. The van der Waals surface area contributed by atoms with Gasteiger partial charge in [-0.05, 0) is 87.0 Å². The molecule has 0 saturated heterocycles. The maximum Gasteiger partial charge on any atom is 0.412 e. The van der Waals surface area contributed by atoms with Crippen molar-refractivity contribution < 1.29 is 37.6 Å². The van der Waals surface area contributed by atoms with Crippen molar-refractivity contribution in [1.29, 1.82) is 0 Å². The molecule has 0 spiro atoms. The van der Waals surface area contributed by atoms with Gasteiger partial charge in [0.15, 0.2) is 5.69 Å². The van der Waals surface area contributed by atoms with Gasteiger partial charge < -0.3 is 24.1 Å². The Morgan fingerprint density at radius 1 is 0.978 bits per heavy atom. The average Bonchev–Trinajstić information content (AvgIpc) is 3.68. The number of ether oxygens (including phenoxy) is 1. The van der Waals surface area contributed by atoms with E-state index < -0.39 is 35.4 Å². The first-order valence-corrected chi connectivity index (χ1v) is 14.2. The average molecular weight is 648 g/mol. The number of carboxylic acids is 1. The Balaban J connectivity index is 1.23. The summed E-state index contributed by atoms with van der Waals surface area (Å²) in [5, 5.41) is 19.1. The largest absolute Gasteiger partial charge is 0.480 e. The molecule has 5 aromatic rings. The van der Waals surface area contributed by atoms with Crippen LogP contribution >= 0.6 is 11.6 Å². The SMILES string of the molecule is CC(C)(C)OC(=O)Nc1ccc(-c2nc(-c3ccc(CC(NC(=O)c4coc(-c5ccc(Cl)cc5)n4)C(=O)O)cc3F)no2)cc1. The van der Waals surface area contributed by atoms with Crippen molar-refractivity contribution in [2.45, 2.75) is 38.8 Å². The molecule has 0 aliphatic carbocycles. The van der Waals surface area contributed by atoms with Gasteiger partial charge in [-0.15, -0.1) is 0 Å². The molecule has 1 atom stereocenters. The van der Waals surface area contributed by atoms with E-state index >= 15 is 4.39 Å². The highest BCUT2D eigenvalue weighted by atomic mass is 35.5. The van der Waals surface area contributed by atoms with Crippen LogP contribution in [0.5, 0.6) is 0 Å². The van der Waals surface area contributed by atoms with Crippen LogP contribution in [-0.4, -0.2) is 49.8 Å². The number of carbonyl (C=O) groups excluding carboxylic acids is 2. The van der Waals surface area contributed by atoms with Crippen molar-refractivity contribution in [3.05, 3.63) is 95.1 Å². The van der Waals surface area contributed by atoms with E-state index in [2.05, 4.69) is 25.8 Å². The number of hydrogen-bond donors (Lipinski definition) is 3. The molecule has 12 nitrogen and oxygen atoms in total. The van der Waals surface area contributed by atoms with Gasteiger partial charge in [0.2, 0.25) is 11.7 Å². The maximum absolute atomic E-state index is 15.2. The predicted molar refractivity (Wildman–Crippen MR) is 165 cm³/mol. The minimum absolute atomic E-state index is 0.0233. The summed E-state index contributed by atoms with van der Waals surface area (Å²) in [6.45, 7) is 5.27. The third-order valence-corrected chi connectivity index (χ3v) is 6.60. The molecule has 0 aliphatic heterocycles. The monoisotopic (exact) mass is 647 g/mol. The molecule has 46 heavy (non-hydrogen) atoms. The number of benzene rings is 3. The predicted octanol–water partition coefficient (Wildman–Crippen LogP) is 6.62. The Kier molecular flexibility index (Phi) is 9.14. The smallest absolute Gasteiger partial charge is 0.412 e. The van der Waals surface area contributed by atoms with Crippen molar-refractivity contribution in [2.75, 3.05) is 5.32 Å². The number of oxazole rings is 1. The Labute approximate surface area is 266 Å². The van der Waals surface area contributed by atoms with Crippen LogP contribution in [-0.2, 0) is 16.0 Å². The topological polar surface area (TPSA) is 170 Å². The molecule has 0 radical (unpaired) electrons. The van der Waals surface area contributed by atoms with E-state index in [1.807, 2.05) is 0 Å². The molecule has 0 saturated carbocycles. The van der Waals surface area contributed by atoms with E-state index in [1.165, 1.54) is 12.1 Å². The van der Waals surface area contributed by atoms with Gasteiger partial charge in [-0.1, -0.05) is 22.8 Å². The lowest BCUT2D eigenvalue weighted by Crippen LogP contribution is -2.42. The molecule has 5 rings (SSSR count).